The van der Waals surface area contributed by atoms with Crippen LogP contribution < -0.4 is 0 Å². The number of pyridine rings is 1. The Morgan fingerprint density at radius 1 is 1.50 bits per heavy atom. The van der Waals surface area contributed by atoms with Gasteiger partial charge in [-0.05, 0) is 12.1 Å². The van der Waals surface area contributed by atoms with Gasteiger partial charge in [0.2, 0.25) is 0 Å². The van der Waals surface area contributed by atoms with Gasteiger partial charge in [0.25, 0.3) is 0 Å². The summed E-state index contributed by atoms with van der Waals surface area (Å²) in [6, 6.07) is 3.68. The summed E-state index contributed by atoms with van der Waals surface area (Å²) in [5.74, 6) is 0. The molecule has 0 saturated heterocycles. The predicted octanol–water partition coefficient (Wildman–Crippen LogP) is 0.630. The molecule has 0 amide bonds. The summed E-state index contributed by atoms with van der Waals surface area (Å²) in [6.45, 7) is 0.313. The van der Waals surface area contributed by atoms with Crippen molar-refractivity contribution in [1.82, 2.24) is 14.5 Å². The molecule has 2 heterocycles. The molecule has 0 saturated carbocycles. The van der Waals surface area contributed by atoms with Crippen molar-refractivity contribution in [2.24, 2.45) is 0 Å². The number of aromatic nitrogens is 3. The molecule has 0 aliphatic rings. The van der Waals surface area contributed by atoms with E-state index >= 15 is 0 Å². The van der Waals surface area contributed by atoms with Crippen LogP contribution in [0.5, 0.6) is 0 Å². The quantitative estimate of drug-likeness (QED) is 0.607. The lowest BCUT2D eigenvalue weighted by molar-refractivity contribution is -0.108. The molecular formula is C8H7N3O. The van der Waals surface area contributed by atoms with Gasteiger partial charge < -0.3 is 9.36 Å². The van der Waals surface area contributed by atoms with Crippen molar-refractivity contribution in [3.63, 3.8) is 0 Å². The molecule has 0 aliphatic carbocycles. The molecule has 2 rings (SSSR count). The van der Waals surface area contributed by atoms with Crippen LogP contribution in [-0.2, 0) is 11.3 Å². The molecule has 4 heteroatoms. The third-order valence-corrected chi connectivity index (χ3v) is 1.65. The average Bonchev–Trinajstić information content (AvgIpc) is 2.50. The zero-order chi connectivity index (χ0) is 8.39. The van der Waals surface area contributed by atoms with Gasteiger partial charge >= 0.3 is 0 Å². The summed E-state index contributed by atoms with van der Waals surface area (Å²) in [4.78, 5) is 18.4. The number of hydrogen-bond acceptors (Lipinski definition) is 3. The summed E-state index contributed by atoms with van der Waals surface area (Å²) < 4.78 is 1.71. The van der Waals surface area contributed by atoms with E-state index in [0.717, 1.165) is 17.5 Å². The maximum atomic E-state index is 10.2. The van der Waals surface area contributed by atoms with Gasteiger partial charge in [-0.25, -0.2) is 9.97 Å². The summed E-state index contributed by atoms with van der Waals surface area (Å²) in [7, 11) is 0. The van der Waals surface area contributed by atoms with Crippen LogP contribution in [0.1, 0.15) is 0 Å². The zero-order valence-electron chi connectivity index (χ0n) is 6.34. The Labute approximate surface area is 68.9 Å². The molecule has 0 unspecified atom stereocenters. The van der Waals surface area contributed by atoms with Gasteiger partial charge in [0.15, 0.2) is 5.65 Å². The van der Waals surface area contributed by atoms with Crippen LogP contribution in [0.3, 0.4) is 0 Å². The number of carbonyl (C=O) groups excluding carboxylic acids is 1. The van der Waals surface area contributed by atoms with Crippen molar-refractivity contribution in [2.45, 2.75) is 6.54 Å². The van der Waals surface area contributed by atoms with E-state index in [-0.39, 0.29) is 0 Å². The molecule has 0 radical (unpaired) electrons. The first kappa shape index (κ1) is 6.97. The summed E-state index contributed by atoms with van der Waals surface area (Å²) in [5, 5.41) is 0. The molecule has 0 atom stereocenters. The Balaban J connectivity index is 2.62. The minimum atomic E-state index is 0.313. The largest absolute Gasteiger partial charge is 0.308 e. The second kappa shape index (κ2) is 2.73. The number of carbonyl (C=O) groups is 1. The number of rotatable bonds is 2. The van der Waals surface area contributed by atoms with Crippen molar-refractivity contribution >= 4 is 17.5 Å². The maximum Gasteiger partial charge on any atom is 0.160 e. The van der Waals surface area contributed by atoms with Crippen LogP contribution in [0.4, 0.5) is 0 Å². The first-order valence-corrected chi connectivity index (χ1v) is 3.61. The smallest absolute Gasteiger partial charge is 0.160 e. The SMILES string of the molecule is O=CCn1cnc2cccnc21. The maximum absolute atomic E-state index is 10.2. The number of aldehydes is 1. The molecule has 0 bridgehead atoms. The predicted molar refractivity (Wildman–Crippen MR) is 43.6 cm³/mol. The van der Waals surface area contributed by atoms with Gasteiger partial charge in [0.1, 0.15) is 11.8 Å². The highest BCUT2D eigenvalue weighted by Crippen LogP contribution is 2.07. The van der Waals surface area contributed by atoms with E-state index in [1.54, 1.807) is 17.1 Å². The van der Waals surface area contributed by atoms with Gasteiger partial charge in [-0.2, -0.15) is 0 Å². The van der Waals surface area contributed by atoms with E-state index in [9.17, 15) is 4.79 Å². The lowest BCUT2D eigenvalue weighted by Crippen LogP contribution is -1.97. The van der Waals surface area contributed by atoms with Crippen LogP contribution >= 0.6 is 0 Å². The molecule has 0 aromatic carbocycles. The van der Waals surface area contributed by atoms with E-state index < -0.39 is 0 Å². The zero-order valence-corrected chi connectivity index (χ0v) is 6.34. The average molecular weight is 161 g/mol. The second-order valence-corrected chi connectivity index (χ2v) is 2.41. The van der Waals surface area contributed by atoms with E-state index in [0.29, 0.717) is 6.54 Å². The molecule has 2 aromatic heterocycles. The Bertz CT molecular complexity index is 407. The van der Waals surface area contributed by atoms with Crippen molar-refractivity contribution < 1.29 is 4.79 Å². The molecule has 60 valence electrons. The Morgan fingerprint density at radius 3 is 3.25 bits per heavy atom. The van der Waals surface area contributed by atoms with Crippen LogP contribution in [0.25, 0.3) is 11.2 Å². The lowest BCUT2D eigenvalue weighted by atomic mass is 10.4. The van der Waals surface area contributed by atoms with Gasteiger partial charge in [0, 0.05) is 6.20 Å². The highest BCUT2D eigenvalue weighted by Gasteiger charge is 2.00. The number of hydrogen-bond donors (Lipinski definition) is 0. The lowest BCUT2D eigenvalue weighted by Gasteiger charge is -1.94. The Hall–Kier alpha value is -1.71. The molecule has 0 N–H and O–H groups in total. The highest BCUT2D eigenvalue weighted by atomic mass is 16.1. The van der Waals surface area contributed by atoms with E-state index in [2.05, 4.69) is 9.97 Å². The van der Waals surface area contributed by atoms with Crippen LogP contribution in [0.15, 0.2) is 24.7 Å². The highest BCUT2D eigenvalue weighted by molar-refractivity contribution is 5.71. The van der Waals surface area contributed by atoms with Crippen molar-refractivity contribution in [3.05, 3.63) is 24.7 Å². The molecule has 2 aromatic rings. The molecule has 0 aliphatic heterocycles. The first-order chi connectivity index (χ1) is 5.92. The Morgan fingerprint density at radius 2 is 2.42 bits per heavy atom. The fourth-order valence-corrected chi connectivity index (χ4v) is 1.11. The summed E-state index contributed by atoms with van der Waals surface area (Å²) in [6.07, 6.45) is 4.13. The van der Waals surface area contributed by atoms with Gasteiger partial charge in [0.05, 0.1) is 12.9 Å². The van der Waals surface area contributed by atoms with Gasteiger partial charge in [-0.1, -0.05) is 0 Å². The molecule has 4 nitrogen and oxygen atoms in total. The van der Waals surface area contributed by atoms with Crippen molar-refractivity contribution in [1.29, 1.82) is 0 Å². The normalized spacial score (nSPS) is 10.3. The van der Waals surface area contributed by atoms with Crippen LogP contribution in [-0.4, -0.2) is 20.8 Å². The number of fused-ring (bicyclic) bond motifs is 1. The summed E-state index contributed by atoms with van der Waals surface area (Å²) >= 11 is 0. The molecular weight excluding hydrogens is 154 g/mol. The van der Waals surface area contributed by atoms with Crippen molar-refractivity contribution in [2.75, 3.05) is 0 Å². The van der Waals surface area contributed by atoms with E-state index in [1.807, 2.05) is 12.1 Å². The van der Waals surface area contributed by atoms with Gasteiger partial charge in [-0.3, -0.25) is 0 Å². The molecule has 0 spiro atoms. The van der Waals surface area contributed by atoms with Crippen LogP contribution in [0, 0.1) is 0 Å². The third-order valence-electron chi connectivity index (χ3n) is 1.65. The fraction of sp³-hybridized carbons (Fsp3) is 0.125. The second-order valence-electron chi connectivity index (χ2n) is 2.41. The standard InChI is InChI=1S/C8H7N3O/c12-5-4-11-6-10-7-2-1-3-9-8(7)11/h1-3,5-6H,4H2. The van der Waals surface area contributed by atoms with Crippen molar-refractivity contribution in [3.8, 4) is 0 Å². The monoisotopic (exact) mass is 161 g/mol. The number of nitrogens with zero attached hydrogens (tertiary/aromatic N) is 3. The third kappa shape index (κ3) is 0.972. The minimum Gasteiger partial charge on any atom is -0.308 e. The number of imidazole rings is 1. The molecule has 12 heavy (non-hydrogen) atoms. The Kier molecular flexibility index (Phi) is 1.59. The van der Waals surface area contributed by atoms with E-state index in [1.165, 1.54) is 0 Å². The minimum absolute atomic E-state index is 0.313. The van der Waals surface area contributed by atoms with Gasteiger partial charge in [-0.15, -0.1) is 0 Å². The molecule has 0 fully saturated rings. The topological polar surface area (TPSA) is 47.8 Å². The van der Waals surface area contributed by atoms with Crippen LogP contribution in [0.2, 0.25) is 0 Å². The summed E-state index contributed by atoms with van der Waals surface area (Å²) in [5.41, 5.74) is 1.57. The fourth-order valence-electron chi connectivity index (χ4n) is 1.11. The van der Waals surface area contributed by atoms with E-state index in [4.69, 9.17) is 0 Å². The first-order valence-electron chi connectivity index (χ1n) is 3.61.